The summed E-state index contributed by atoms with van der Waals surface area (Å²) in [4.78, 5) is 7.05. The molecule has 114 valence electrons. The third-order valence-electron chi connectivity index (χ3n) is 4.26. The lowest BCUT2D eigenvalue weighted by Crippen LogP contribution is -2.32. The minimum Gasteiger partial charge on any atom is -0.399 e. The van der Waals surface area contributed by atoms with E-state index >= 15 is 0 Å². The van der Waals surface area contributed by atoms with Gasteiger partial charge in [0.25, 0.3) is 0 Å². The summed E-state index contributed by atoms with van der Waals surface area (Å²) in [6.07, 6.45) is 3.37. The van der Waals surface area contributed by atoms with E-state index in [0.29, 0.717) is 5.69 Å². The Morgan fingerprint density at radius 1 is 1.24 bits per heavy atom. The van der Waals surface area contributed by atoms with Crippen LogP contribution in [-0.4, -0.2) is 39.2 Å². The molecule has 1 atom stereocenters. The van der Waals surface area contributed by atoms with Gasteiger partial charge in [-0.1, -0.05) is 6.42 Å². The molecule has 3 rings (SSSR count). The summed E-state index contributed by atoms with van der Waals surface area (Å²) < 4.78 is 2.13. The lowest BCUT2D eigenvalue weighted by molar-refractivity contribution is 0.179. The number of hydrogen-bond acceptors (Lipinski definition) is 4. The van der Waals surface area contributed by atoms with E-state index in [-0.39, 0.29) is 0 Å². The number of aromatic nitrogens is 2. The number of benzene rings is 1. The van der Waals surface area contributed by atoms with Crippen molar-refractivity contribution in [3.63, 3.8) is 0 Å². The third kappa shape index (κ3) is 3.04. The average molecular weight is 288 g/mol. The summed E-state index contributed by atoms with van der Waals surface area (Å²) in [6.45, 7) is 6.01. The predicted octanol–water partition coefficient (Wildman–Crippen LogP) is 2.16. The van der Waals surface area contributed by atoms with Crippen LogP contribution in [0, 0.1) is 0 Å². The fourth-order valence-corrected chi connectivity index (χ4v) is 3.14. The van der Waals surface area contributed by atoms with Crippen molar-refractivity contribution in [3.05, 3.63) is 24.0 Å². The summed E-state index contributed by atoms with van der Waals surface area (Å²) in [7, 11) is 0. The Labute approximate surface area is 125 Å². The highest BCUT2D eigenvalue weighted by Gasteiger charge is 2.16. The fraction of sp³-hybridized carbons (Fsp3) is 0.562. The molecular weight excluding hydrogens is 264 g/mol. The zero-order valence-electron chi connectivity index (χ0n) is 12.6. The summed E-state index contributed by atoms with van der Waals surface area (Å²) in [5.41, 5.74) is 8.46. The number of piperidine rings is 1. The zero-order chi connectivity index (χ0) is 14.8. The first-order valence-corrected chi connectivity index (χ1v) is 7.81. The molecule has 5 heteroatoms. The second-order valence-corrected chi connectivity index (χ2v) is 5.95. The first kappa shape index (κ1) is 14.4. The Morgan fingerprint density at radius 3 is 2.71 bits per heavy atom. The Kier molecular flexibility index (Phi) is 4.12. The van der Waals surface area contributed by atoms with Gasteiger partial charge in [0.05, 0.1) is 11.0 Å². The number of anilines is 1. The number of nitrogen functional groups attached to an aromatic ring is 1. The van der Waals surface area contributed by atoms with E-state index in [2.05, 4.69) is 14.5 Å². The number of fused-ring (bicyclic) bond motifs is 1. The molecule has 5 nitrogen and oxygen atoms in total. The smallest absolute Gasteiger partial charge is 0.138 e. The van der Waals surface area contributed by atoms with Crippen molar-refractivity contribution in [3.8, 4) is 0 Å². The van der Waals surface area contributed by atoms with Crippen molar-refractivity contribution in [2.24, 2.45) is 0 Å². The molecule has 2 aromatic rings. The number of nitrogens with zero attached hydrogens (tertiary/aromatic N) is 3. The van der Waals surface area contributed by atoms with E-state index in [1.807, 2.05) is 18.2 Å². The molecule has 0 bridgehead atoms. The van der Waals surface area contributed by atoms with Gasteiger partial charge in [-0.3, -0.25) is 0 Å². The van der Waals surface area contributed by atoms with Crippen molar-refractivity contribution in [2.75, 3.05) is 25.4 Å². The Hall–Kier alpha value is -1.59. The molecule has 1 saturated heterocycles. The number of aliphatic hydroxyl groups excluding tert-OH is 1. The lowest BCUT2D eigenvalue weighted by atomic mass is 10.1. The SMILES string of the molecule is CC(O)c1nc2cc(N)ccc2n1CCN1CCCCC1. The summed E-state index contributed by atoms with van der Waals surface area (Å²) in [5, 5.41) is 9.98. The Morgan fingerprint density at radius 2 is 2.00 bits per heavy atom. The van der Waals surface area contributed by atoms with Gasteiger partial charge in [-0.2, -0.15) is 0 Å². The number of nitrogens with two attached hydrogens (primary N) is 1. The topological polar surface area (TPSA) is 67.3 Å². The molecule has 0 saturated carbocycles. The molecule has 1 aromatic heterocycles. The van der Waals surface area contributed by atoms with Gasteiger partial charge < -0.3 is 20.3 Å². The van der Waals surface area contributed by atoms with Crippen LogP contribution < -0.4 is 5.73 Å². The quantitative estimate of drug-likeness (QED) is 0.846. The van der Waals surface area contributed by atoms with Gasteiger partial charge >= 0.3 is 0 Å². The van der Waals surface area contributed by atoms with Crippen LogP contribution in [0.2, 0.25) is 0 Å². The molecule has 1 aromatic carbocycles. The van der Waals surface area contributed by atoms with Crippen LogP contribution in [0.3, 0.4) is 0 Å². The molecule has 1 unspecified atom stereocenters. The zero-order valence-corrected chi connectivity index (χ0v) is 12.6. The van der Waals surface area contributed by atoms with Crippen LogP contribution in [0.1, 0.15) is 38.1 Å². The molecule has 3 N–H and O–H groups in total. The van der Waals surface area contributed by atoms with Crippen LogP contribution in [0.15, 0.2) is 18.2 Å². The number of rotatable bonds is 4. The van der Waals surface area contributed by atoms with E-state index in [9.17, 15) is 5.11 Å². The number of imidazole rings is 1. The maximum atomic E-state index is 9.98. The van der Waals surface area contributed by atoms with Crippen LogP contribution >= 0.6 is 0 Å². The van der Waals surface area contributed by atoms with Gasteiger partial charge in [-0.05, 0) is 51.1 Å². The van der Waals surface area contributed by atoms with E-state index in [0.717, 1.165) is 29.9 Å². The summed E-state index contributed by atoms with van der Waals surface area (Å²) in [5.74, 6) is 0.729. The summed E-state index contributed by atoms with van der Waals surface area (Å²) >= 11 is 0. The number of aliphatic hydroxyl groups is 1. The maximum absolute atomic E-state index is 9.98. The van der Waals surface area contributed by atoms with Gasteiger partial charge in [0.2, 0.25) is 0 Å². The summed E-state index contributed by atoms with van der Waals surface area (Å²) in [6, 6.07) is 5.77. The molecule has 1 fully saturated rings. The van der Waals surface area contributed by atoms with E-state index < -0.39 is 6.10 Å². The van der Waals surface area contributed by atoms with Crippen molar-refractivity contribution in [1.29, 1.82) is 0 Å². The van der Waals surface area contributed by atoms with Gasteiger partial charge in [-0.15, -0.1) is 0 Å². The van der Waals surface area contributed by atoms with Crippen molar-refractivity contribution in [2.45, 2.75) is 38.8 Å². The van der Waals surface area contributed by atoms with Crippen LogP contribution in [0.5, 0.6) is 0 Å². The highest BCUT2D eigenvalue weighted by atomic mass is 16.3. The monoisotopic (exact) mass is 288 g/mol. The second-order valence-electron chi connectivity index (χ2n) is 5.95. The largest absolute Gasteiger partial charge is 0.399 e. The minimum atomic E-state index is -0.569. The highest BCUT2D eigenvalue weighted by Crippen LogP contribution is 2.23. The molecule has 2 heterocycles. The molecule has 0 spiro atoms. The Balaban J connectivity index is 1.86. The van der Waals surface area contributed by atoms with Crippen molar-refractivity contribution < 1.29 is 5.11 Å². The first-order valence-electron chi connectivity index (χ1n) is 7.81. The molecule has 21 heavy (non-hydrogen) atoms. The number of hydrogen-bond donors (Lipinski definition) is 2. The van der Waals surface area contributed by atoms with E-state index in [1.54, 1.807) is 6.92 Å². The lowest BCUT2D eigenvalue weighted by Gasteiger charge is -2.27. The highest BCUT2D eigenvalue weighted by molar-refractivity contribution is 5.79. The van der Waals surface area contributed by atoms with Gasteiger partial charge in [0, 0.05) is 18.8 Å². The molecule has 0 amide bonds. The first-order chi connectivity index (χ1) is 10.1. The Bertz CT molecular complexity index is 614. The number of likely N-dealkylation sites (tertiary alicyclic amines) is 1. The standard InChI is InChI=1S/C16H24N4O/c1-12(21)16-18-14-11-13(17)5-6-15(14)20(16)10-9-19-7-3-2-4-8-19/h5-6,11-12,21H,2-4,7-10,17H2,1H3. The van der Waals surface area contributed by atoms with Crippen molar-refractivity contribution >= 4 is 16.7 Å². The van der Waals surface area contributed by atoms with Gasteiger partial charge in [0.15, 0.2) is 0 Å². The van der Waals surface area contributed by atoms with Crippen LogP contribution in [0.4, 0.5) is 5.69 Å². The van der Waals surface area contributed by atoms with Gasteiger partial charge in [-0.25, -0.2) is 4.98 Å². The predicted molar refractivity (Wildman–Crippen MR) is 85.1 cm³/mol. The maximum Gasteiger partial charge on any atom is 0.138 e. The molecule has 0 radical (unpaired) electrons. The normalized spacial score (nSPS) is 18.2. The minimum absolute atomic E-state index is 0.569. The third-order valence-corrected chi connectivity index (χ3v) is 4.26. The fourth-order valence-electron chi connectivity index (χ4n) is 3.14. The second kappa shape index (κ2) is 6.03. The van der Waals surface area contributed by atoms with E-state index in [1.165, 1.54) is 32.4 Å². The van der Waals surface area contributed by atoms with Crippen LogP contribution in [-0.2, 0) is 6.54 Å². The van der Waals surface area contributed by atoms with Gasteiger partial charge in [0.1, 0.15) is 11.9 Å². The van der Waals surface area contributed by atoms with Crippen LogP contribution in [0.25, 0.3) is 11.0 Å². The molecule has 1 aliphatic heterocycles. The molecule has 0 aliphatic carbocycles. The molecular formula is C16H24N4O. The molecule has 1 aliphatic rings. The average Bonchev–Trinajstić information content (AvgIpc) is 2.84. The van der Waals surface area contributed by atoms with E-state index in [4.69, 9.17) is 5.73 Å². The van der Waals surface area contributed by atoms with Crippen molar-refractivity contribution in [1.82, 2.24) is 14.5 Å².